The van der Waals surface area contributed by atoms with Crippen LogP contribution >= 0.6 is 0 Å². The number of esters is 1. The van der Waals surface area contributed by atoms with E-state index in [2.05, 4.69) is 10.6 Å². The summed E-state index contributed by atoms with van der Waals surface area (Å²) >= 11 is 0. The number of rotatable bonds is 10. The number of nitrogens with one attached hydrogen (secondary N) is 2. The molecule has 0 aliphatic heterocycles. The topological polar surface area (TPSA) is 134 Å². The van der Waals surface area contributed by atoms with E-state index in [1.807, 2.05) is 18.2 Å². The molecule has 188 valence electrons. The van der Waals surface area contributed by atoms with E-state index in [1.165, 1.54) is 31.4 Å². The van der Waals surface area contributed by atoms with Crippen molar-refractivity contribution >= 4 is 18.0 Å². The van der Waals surface area contributed by atoms with Crippen molar-refractivity contribution in [3.05, 3.63) is 95.6 Å². The van der Waals surface area contributed by atoms with E-state index >= 15 is 0 Å². The van der Waals surface area contributed by atoms with Gasteiger partial charge in [-0.2, -0.15) is 0 Å². The van der Waals surface area contributed by atoms with Crippen molar-refractivity contribution in [2.75, 3.05) is 7.11 Å². The van der Waals surface area contributed by atoms with E-state index in [4.69, 9.17) is 9.47 Å². The van der Waals surface area contributed by atoms with Crippen molar-refractivity contribution < 1.29 is 34.1 Å². The van der Waals surface area contributed by atoms with Crippen LogP contribution in [0.15, 0.2) is 78.9 Å². The van der Waals surface area contributed by atoms with Crippen LogP contribution in [0.1, 0.15) is 16.7 Å². The minimum atomic E-state index is -1.08. The SMILES string of the molecule is COC(=O)[C@H](Cc1ccc(O)cc1)NC(=O)C(Cc1ccc(O)cc1)NC(=O)OCc1ccccc1. The highest BCUT2D eigenvalue weighted by atomic mass is 16.5. The molecule has 3 aromatic carbocycles. The Morgan fingerprint density at radius 3 is 1.78 bits per heavy atom. The average Bonchev–Trinajstić information content (AvgIpc) is 2.89. The molecule has 9 heteroatoms. The number of phenolic OH excluding ortho intramolecular Hbond substituents is 2. The van der Waals surface area contributed by atoms with Crippen LogP contribution in [0.25, 0.3) is 0 Å². The molecule has 0 aromatic heterocycles. The largest absolute Gasteiger partial charge is 0.508 e. The van der Waals surface area contributed by atoms with Crippen molar-refractivity contribution in [1.82, 2.24) is 10.6 Å². The molecule has 0 saturated heterocycles. The standard InChI is InChI=1S/C27H28N2O7/c1-35-26(33)24(16-19-9-13-22(31)14-10-19)28-25(32)23(15-18-7-11-21(30)12-8-18)29-27(34)36-17-20-5-3-2-4-6-20/h2-14,23-24,30-31H,15-17H2,1H3,(H,28,32)(H,29,34)/t23?,24-/m0/s1. The lowest BCUT2D eigenvalue weighted by Crippen LogP contribution is -2.53. The number of methoxy groups -OCH3 is 1. The van der Waals surface area contributed by atoms with Crippen molar-refractivity contribution in [3.8, 4) is 11.5 Å². The summed E-state index contributed by atoms with van der Waals surface area (Å²) in [6, 6.07) is 19.4. The van der Waals surface area contributed by atoms with Crippen LogP contribution in [0.3, 0.4) is 0 Å². The molecule has 0 saturated carbocycles. The molecule has 0 aliphatic carbocycles. The van der Waals surface area contributed by atoms with E-state index in [0.29, 0.717) is 11.1 Å². The van der Waals surface area contributed by atoms with Crippen molar-refractivity contribution in [2.24, 2.45) is 0 Å². The average molecular weight is 493 g/mol. The van der Waals surface area contributed by atoms with Gasteiger partial charge in [0, 0.05) is 12.8 Å². The van der Waals surface area contributed by atoms with E-state index in [-0.39, 0.29) is 30.9 Å². The predicted octanol–water partition coefficient (Wildman–Crippen LogP) is 2.84. The molecule has 2 amide bonds. The van der Waals surface area contributed by atoms with Gasteiger partial charge in [0.15, 0.2) is 0 Å². The third-order valence-corrected chi connectivity index (χ3v) is 5.38. The van der Waals surface area contributed by atoms with Crippen LogP contribution in [0.5, 0.6) is 11.5 Å². The fraction of sp³-hybridized carbons (Fsp3) is 0.222. The Bertz CT molecular complexity index is 1150. The highest BCUT2D eigenvalue weighted by molar-refractivity contribution is 5.90. The van der Waals surface area contributed by atoms with Crippen molar-refractivity contribution in [2.45, 2.75) is 31.5 Å². The Hall–Kier alpha value is -4.53. The van der Waals surface area contributed by atoms with Gasteiger partial charge in [0.2, 0.25) is 5.91 Å². The number of aromatic hydroxyl groups is 2. The summed E-state index contributed by atoms with van der Waals surface area (Å²) in [4.78, 5) is 38.1. The van der Waals surface area contributed by atoms with Gasteiger partial charge < -0.3 is 30.3 Å². The molecular weight excluding hydrogens is 464 g/mol. The van der Waals surface area contributed by atoms with Gasteiger partial charge in [-0.05, 0) is 41.0 Å². The Morgan fingerprint density at radius 1 is 0.722 bits per heavy atom. The number of ether oxygens (including phenoxy) is 2. The number of benzene rings is 3. The minimum Gasteiger partial charge on any atom is -0.508 e. The molecule has 0 fully saturated rings. The zero-order valence-corrected chi connectivity index (χ0v) is 19.7. The van der Waals surface area contributed by atoms with Crippen LogP contribution in [-0.4, -0.2) is 47.4 Å². The van der Waals surface area contributed by atoms with Crippen LogP contribution in [0.2, 0.25) is 0 Å². The lowest BCUT2D eigenvalue weighted by molar-refractivity contribution is -0.145. The second-order valence-electron chi connectivity index (χ2n) is 8.08. The molecule has 4 N–H and O–H groups in total. The molecular formula is C27H28N2O7. The van der Waals surface area contributed by atoms with Crippen LogP contribution in [-0.2, 0) is 38.5 Å². The van der Waals surface area contributed by atoms with Crippen molar-refractivity contribution in [3.63, 3.8) is 0 Å². The Kier molecular flexibility index (Phi) is 9.27. The van der Waals surface area contributed by atoms with Gasteiger partial charge in [-0.25, -0.2) is 9.59 Å². The number of phenols is 2. The van der Waals surface area contributed by atoms with E-state index in [9.17, 15) is 24.6 Å². The fourth-order valence-electron chi connectivity index (χ4n) is 3.46. The maximum Gasteiger partial charge on any atom is 0.408 e. The normalized spacial score (nSPS) is 12.1. The van der Waals surface area contributed by atoms with E-state index in [0.717, 1.165) is 5.56 Å². The number of carbonyl (C=O) groups is 3. The number of carbonyl (C=O) groups excluding carboxylic acids is 3. The minimum absolute atomic E-state index is 0.0197. The molecule has 3 aromatic rings. The summed E-state index contributed by atoms with van der Waals surface area (Å²) < 4.78 is 10.1. The first kappa shape index (κ1) is 26.1. The molecule has 1 unspecified atom stereocenters. The van der Waals surface area contributed by atoms with E-state index in [1.54, 1.807) is 36.4 Å². The number of hydrogen-bond acceptors (Lipinski definition) is 7. The predicted molar refractivity (Wildman–Crippen MR) is 131 cm³/mol. The maximum absolute atomic E-state index is 13.2. The monoisotopic (exact) mass is 492 g/mol. The van der Waals surface area contributed by atoms with Gasteiger partial charge in [0.1, 0.15) is 30.2 Å². The van der Waals surface area contributed by atoms with Gasteiger partial charge in [-0.15, -0.1) is 0 Å². The molecule has 0 heterocycles. The van der Waals surface area contributed by atoms with Gasteiger partial charge in [0.25, 0.3) is 0 Å². The lowest BCUT2D eigenvalue weighted by atomic mass is 10.0. The maximum atomic E-state index is 13.2. The molecule has 3 rings (SSSR count). The number of alkyl carbamates (subject to hydrolysis) is 1. The first-order valence-electron chi connectivity index (χ1n) is 11.3. The first-order chi connectivity index (χ1) is 17.3. The molecule has 0 bridgehead atoms. The first-order valence-corrected chi connectivity index (χ1v) is 11.3. The summed E-state index contributed by atoms with van der Waals surface area (Å²) in [6.07, 6.45) is -0.603. The molecule has 0 spiro atoms. The second kappa shape index (κ2) is 12.8. The molecule has 36 heavy (non-hydrogen) atoms. The van der Waals surface area contributed by atoms with Crippen LogP contribution in [0.4, 0.5) is 4.79 Å². The molecule has 0 radical (unpaired) electrons. The third kappa shape index (κ3) is 8.05. The zero-order chi connectivity index (χ0) is 25.9. The Balaban J connectivity index is 1.73. The fourth-order valence-corrected chi connectivity index (χ4v) is 3.46. The number of amides is 2. The Labute approximate surface area is 208 Å². The van der Waals surface area contributed by atoms with Crippen molar-refractivity contribution in [1.29, 1.82) is 0 Å². The smallest absolute Gasteiger partial charge is 0.408 e. The van der Waals surface area contributed by atoms with Crippen LogP contribution < -0.4 is 10.6 Å². The number of hydrogen-bond donors (Lipinski definition) is 4. The van der Waals surface area contributed by atoms with E-state index < -0.39 is 30.1 Å². The highest BCUT2D eigenvalue weighted by Gasteiger charge is 2.28. The quantitative estimate of drug-likeness (QED) is 0.320. The zero-order valence-electron chi connectivity index (χ0n) is 19.7. The summed E-state index contributed by atoms with van der Waals surface area (Å²) in [5.41, 5.74) is 2.14. The second-order valence-corrected chi connectivity index (χ2v) is 8.08. The summed E-state index contributed by atoms with van der Waals surface area (Å²) in [5.74, 6) is -1.14. The summed E-state index contributed by atoms with van der Waals surface area (Å²) in [6.45, 7) is 0.0197. The highest BCUT2D eigenvalue weighted by Crippen LogP contribution is 2.14. The van der Waals surface area contributed by atoms with Gasteiger partial charge in [-0.3, -0.25) is 4.79 Å². The molecule has 9 nitrogen and oxygen atoms in total. The van der Waals surface area contributed by atoms with Gasteiger partial charge in [-0.1, -0.05) is 54.6 Å². The van der Waals surface area contributed by atoms with Gasteiger partial charge >= 0.3 is 12.1 Å². The Morgan fingerprint density at radius 2 is 1.25 bits per heavy atom. The molecule has 2 atom stereocenters. The summed E-state index contributed by atoms with van der Waals surface area (Å²) in [5, 5.41) is 24.3. The summed E-state index contributed by atoms with van der Waals surface area (Å²) in [7, 11) is 1.21. The lowest BCUT2D eigenvalue weighted by Gasteiger charge is -2.22. The van der Waals surface area contributed by atoms with Gasteiger partial charge in [0.05, 0.1) is 7.11 Å². The van der Waals surface area contributed by atoms with Crippen LogP contribution in [0, 0.1) is 0 Å². The molecule has 0 aliphatic rings. The third-order valence-electron chi connectivity index (χ3n) is 5.38.